The smallest absolute Gasteiger partial charge is 0.251 e. The second-order valence-electron chi connectivity index (χ2n) is 5.76. The molecule has 1 N–H and O–H groups in total. The van der Waals surface area contributed by atoms with Crippen LogP contribution < -0.4 is 5.32 Å². The molecule has 5 heteroatoms. The standard InChI is InChI=1S/C20H23FN2O2/c1-2-23(15-16-8-6-11-18(21)14-16)19(24)12-7-13-22-20(25)17-9-4-3-5-10-17/h3-6,8-11,14H,2,7,12-13,15H2,1H3,(H,22,25). The van der Waals surface area contributed by atoms with Gasteiger partial charge in [-0.3, -0.25) is 9.59 Å². The van der Waals surface area contributed by atoms with E-state index in [0.29, 0.717) is 38.0 Å². The molecule has 132 valence electrons. The molecule has 25 heavy (non-hydrogen) atoms. The van der Waals surface area contributed by atoms with Crippen LogP contribution in [0.4, 0.5) is 4.39 Å². The first-order valence-corrected chi connectivity index (χ1v) is 8.45. The number of carbonyl (C=O) groups excluding carboxylic acids is 2. The molecular formula is C20H23FN2O2. The highest BCUT2D eigenvalue weighted by atomic mass is 19.1. The van der Waals surface area contributed by atoms with Crippen LogP contribution >= 0.6 is 0 Å². The number of rotatable bonds is 8. The average molecular weight is 342 g/mol. The largest absolute Gasteiger partial charge is 0.352 e. The van der Waals surface area contributed by atoms with Gasteiger partial charge in [-0.1, -0.05) is 30.3 Å². The van der Waals surface area contributed by atoms with Crippen molar-refractivity contribution in [2.75, 3.05) is 13.1 Å². The molecule has 0 fully saturated rings. The van der Waals surface area contributed by atoms with Crippen LogP contribution in [-0.4, -0.2) is 29.8 Å². The van der Waals surface area contributed by atoms with E-state index in [1.165, 1.54) is 12.1 Å². The van der Waals surface area contributed by atoms with Crippen LogP contribution in [0.25, 0.3) is 0 Å². The maximum Gasteiger partial charge on any atom is 0.251 e. The lowest BCUT2D eigenvalue weighted by atomic mass is 10.2. The number of carbonyl (C=O) groups is 2. The summed E-state index contributed by atoms with van der Waals surface area (Å²) in [5.41, 5.74) is 1.38. The van der Waals surface area contributed by atoms with Crippen LogP contribution in [0.5, 0.6) is 0 Å². The quantitative estimate of drug-likeness (QED) is 0.748. The molecule has 2 aromatic carbocycles. The van der Waals surface area contributed by atoms with E-state index in [2.05, 4.69) is 5.32 Å². The molecule has 0 aromatic heterocycles. The van der Waals surface area contributed by atoms with Crippen LogP contribution in [0.2, 0.25) is 0 Å². The van der Waals surface area contributed by atoms with E-state index in [9.17, 15) is 14.0 Å². The zero-order valence-corrected chi connectivity index (χ0v) is 14.4. The maximum atomic E-state index is 13.2. The van der Waals surface area contributed by atoms with Gasteiger partial charge in [0.05, 0.1) is 0 Å². The second-order valence-corrected chi connectivity index (χ2v) is 5.76. The Morgan fingerprint density at radius 2 is 1.84 bits per heavy atom. The van der Waals surface area contributed by atoms with Gasteiger partial charge in [0.2, 0.25) is 5.91 Å². The number of halogens is 1. The molecule has 0 spiro atoms. The fourth-order valence-electron chi connectivity index (χ4n) is 2.52. The van der Waals surface area contributed by atoms with Gasteiger partial charge in [0.15, 0.2) is 0 Å². The monoisotopic (exact) mass is 342 g/mol. The van der Waals surface area contributed by atoms with E-state index in [0.717, 1.165) is 5.56 Å². The van der Waals surface area contributed by atoms with Gasteiger partial charge in [-0.25, -0.2) is 4.39 Å². The molecule has 2 rings (SSSR count). The molecule has 0 unspecified atom stereocenters. The first-order valence-electron chi connectivity index (χ1n) is 8.45. The Hall–Kier alpha value is -2.69. The number of hydrogen-bond donors (Lipinski definition) is 1. The summed E-state index contributed by atoms with van der Waals surface area (Å²) in [6.07, 6.45) is 0.912. The Bertz CT molecular complexity index is 704. The van der Waals surface area contributed by atoms with Crippen molar-refractivity contribution >= 4 is 11.8 Å². The first-order chi connectivity index (χ1) is 12.1. The third-order valence-corrected chi connectivity index (χ3v) is 3.89. The Balaban J connectivity index is 1.75. The summed E-state index contributed by atoms with van der Waals surface area (Å²) in [6.45, 7) is 3.29. The normalized spacial score (nSPS) is 10.3. The van der Waals surface area contributed by atoms with E-state index >= 15 is 0 Å². The summed E-state index contributed by atoms with van der Waals surface area (Å²) in [4.78, 5) is 25.9. The molecule has 0 saturated heterocycles. The molecule has 2 aromatic rings. The highest BCUT2D eigenvalue weighted by Crippen LogP contribution is 2.09. The SMILES string of the molecule is CCN(Cc1cccc(F)c1)C(=O)CCCNC(=O)c1ccccc1. The van der Waals surface area contributed by atoms with E-state index in [1.54, 1.807) is 29.2 Å². The van der Waals surface area contributed by atoms with Gasteiger partial charge >= 0.3 is 0 Å². The van der Waals surface area contributed by atoms with Crippen molar-refractivity contribution in [1.29, 1.82) is 0 Å². The van der Waals surface area contributed by atoms with Gasteiger partial charge in [-0.2, -0.15) is 0 Å². The predicted molar refractivity (Wildman–Crippen MR) is 95.5 cm³/mol. The minimum atomic E-state index is -0.301. The third kappa shape index (κ3) is 6.03. The van der Waals surface area contributed by atoms with Crippen molar-refractivity contribution in [1.82, 2.24) is 10.2 Å². The highest BCUT2D eigenvalue weighted by molar-refractivity contribution is 5.94. The summed E-state index contributed by atoms with van der Waals surface area (Å²) in [5, 5.41) is 2.81. The molecule has 0 aliphatic rings. The highest BCUT2D eigenvalue weighted by Gasteiger charge is 2.12. The van der Waals surface area contributed by atoms with Crippen LogP contribution in [0.1, 0.15) is 35.7 Å². The minimum Gasteiger partial charge on any atom is -0.352 e. The van der Waals surface area contributed by atoms with Crippen molar-refractivity contribution in [3.8, 4) is 0 Å². The summed E-state index contributed by atoms with van der Waals surface area (Å²) in [7, 11) is 0. The van der Waals surface area contributed by atoms with Gasteiger partial charge in [-0.15, -0.1) is 0 Å². The lowest BCUT2D eigenvalue weighted by molar-refractivity contribution is -0.131. The van der Waals surface area contributed by atoms with Crippen molar-refractivity contribution in [2.24, 2.45) is 0 Å². The zero-order chi connectivity index (χ0) is 18.1. The second kappa shape index (κ2) is 9.57. The van der Waals surface area contributed by atoms with Crippen LogP contribution in [0, 0.1) is 5.82 Å². The van der Waals surface area contributed by atoms with Gasteiger partial charge in [0.25, 0.3) is 5.91 Å². The van der Waals surface area contributed by atoms with Gasteiger partial charge in [0.1, 0.15) is 5.82 Å². The summed E-state index contributed by atoms with van der Waals surface area (Å²) >= 11 is 0. The van der Waals surface area contributed by atoms with E-state index < -0.39 is 0 Å². The Labute approximate surface area is 147 Å². The van der Waals surface area contributed by atoms with Gasteiger partial charge in [-0.05, 0) is 43.2 Å². The Morgan fingerprint density at radius 1 is 1.08 bits per heavy atom. The van der Waals surface area contributed by atoms with E-state index in [4.69, 9.17) is 0 Å². The maximum absolute atomic E-state index is 13.2. The van der Waals surface area contributed by atoms with Crippen LogP contribution in [0.3, 0.4) is 0 Å². The fourth-order valence-corrected chi connectivity index (χ4v) is 2.52. The molecule has 0 atom stereocenters. The van der Waals surface area contributed by atoms with Gasteiger partial charge in [0, 0.05) is 31.6 Å². The van der Waals surface area contributed by atoms with Crippen molar-refractivity contribution in [3.63, 3.8) is 0 Å². The lowest BCUT2D eigenvalue weighted by Crippen LogP contribution is -2.31. The molecule has 0 bridgehead atoms. The van der Waals surface area contributed by atoms with Crippen LogP contribution in [0.15, 0.2) is 54.6 Å². The molecule has 4 nitrogen and oxygen atoms in total. The lowest BCUT2D eigenvalue weighted by Gasteiger charge is -2.21. The fraction of sp³-hybridized carbons (Fsp3) is 0.300. The van der Waals surface area contributed by atoms with Crippen molar-refractivity contribution in [2.45, 2.75) is 26.3 Å². The number of hydrogen-bond acceptors (Lipinski definition) is 2. The Morgan fingerprint density at radius 3 is 2.52 bits per heavy atom. The van der Waals surface area contributed by atoms with E-state index in [-0.39, 0.29) is 17.6 Å². The van der Waals surface area contributed by atoms with Crippen molar-refractivity contribution in [3.05, 3.63) is 71.5 Å². The topological polar surface area (TPSA) is 49.4 Å². The molecule has 0 aliphatic heterocycles. The number of benzene rings is 2. The van der Waals surface area contributed by atoms with E-state index in [1.807, 2.05) is 25.1 Å². The molecule has 2 amide bonds. The number of nitrogens with one attached hydrogen (secondary N) is 1. The molecule has 0 radical (unpaired) electrons. The summed E-state index contributed by atoms with van der Waals surface area (Å²) in [5.74, 6) is -0.439. The molecule has 0 saturated carbocycles. The summed E-state index contributed by atoms with van der Waals surface area (Å²) < 4.78 is 13.2. The number of amides is 2. The zero-order valence-electron chi connectivity index (χ0n) is 14.4. The average Bonchev–Trinajstić information content (AvgIpc) is 2.63. The van der Waals surface area contributed by atoms with Gasteiger partial charge < -0.3 is 10.2 Å². The number of nitrogens with zero attached hydrogens (tertiary/aromatic N) is 1. The predicted octanol–water partition coefficient (Wildman–Crippen LogP) is 3.38. The molecular weight excluding hydrogens is 319 g/mol. The summed E-state index contributed by atoms with van der Waals surface area (Å²) in [6, 6.07) is 15.2. The first kappa shape index (κ1) is 18.6. The molecule has 0 aliphatic carbocycles. The Kier molecular flexibility index (Phi) is 7.14. The van der Waals surface area contributed by atoms with Crippen LogP contribution in [-0.2, 0) is 11.3 Å². The minimum absolute atomic E-state index is 0.000668. The molecule has 0 heterocycles. The van der Waals surface area contributed by atoms with Crippen molar-refractivity contribution < 1.29 is 14.0 Å². The third-order valence-electron chi connectivity index (χ3n) is 3.89.